The lowest BCUT2D eigenvalue weighted by Crippen LogP contribution is -2.34. The third-order valence-corrected chi connectivity index (χ3v) is 4.29. The van der Waals surface area contributed by atoms with Crippen LogP contribution in [0.4, 0.5) is 5.69 Å². The molecule has 1 saturated carbocycles. The van der Waals surface area contributed by atoms with Crippen LogP contribution in [-0.4, -0.2) is 36.7 Å². The van der Waals surface area contributed by atoms with E-state index in [-0.39, 0.29) is 11.7 Å². The second kappa shape index (κ2) is 8.08. The number of nitrogens with one attached hydrogen (secondary N) is 1. The standard InChI is InChI=1S/C18H26N2O2/c1-14(21)16-10-6-7-11-17(16)19-18(22)13-20(2)12-15-8-4-3-5-9-15/h6-7,10-11,15H,3-5,8-9,12-13H2,1-2H3,(H,19,22). The highest BCUT2D eigenvalue weighted by Crippen LogP contribution is 2.24. The van der Waals surface area contributed by atoms with Gasteiger partial charge in [-0.3, -0.25) is 14.5 Å². The summed E-state index contributed by atoms with van der Waals surface area (Å²) >= 11 is 0. The Morgan fingerprint density at radius 2 is 1.86 bits per heavy atom. The van der Waals surface area contributed by atoms with Crippen molar-refractivity contribution < 1.29 is 9.59 Å². The van der Waals surface area contributed by atoms with Crippen LogP contribution in [0.25, 0.3) is 0 Å². The van der Waals surface area contributed by atoms with Crippen molar-refractivity contribution >= 4 is 17.4 Å². The first-order valence-electron chi connectivity index (χ1n) is 8.14. The molecule has 0 heterocycles. The molecule has 0 aliphatic heterocycles. The molecule has 0 spiro atoms. The van der Waals surface area contributed by atoms with Crippen LogP contribution in [0.5, 0.6) is 0 Å². The summed E-state index contributed by atoms with van der Waals surface area (Å²) in [5, 5.41) is 2.86. The molecular weight excluding hydrogens is 276 g/mol. The second-order valence-electron chi connectivity index (χ2n) is 6.35. The zero-order valence-electron chi connectivity index (χ0n) is 13.6. The maximum Gasteiger partial charge on any atom is 0.238 e. The van der Waals surface area contributed by atoms with Crippen molar-refractivity contribution in [2.45, 2.75) is 39.0 Å². The number of likely N-dealkylation sites (N-methyl/N-ethyl adjacent to an activating group) is 1. The van der Waals surface area contributed by atoms with E-state index < -0.39 is 0 Å². The van der Waals surface area contributed by atoms with Crippen molar-refractivity contribution in [3.05, 3.63) is 29.8 Å². The first-order chi connectivity index (χ1) is 10.6. The monoisotopic (exact) mass is 302 g/mol. The van der Waals surface area contributed by atoms with Crippen LogP contribution in [0.3, 0.4) is 0 Å². The van der Waals surface area contributed by atoms with Crippen LogP contribution in [-0.2, 0) is 4.79 Å². The molecule has 0 saturated heterocycles. The fourth-order valence-electron chi connectivity index (χ4n) is 3.21. The van der Waals surface area contributed by atoms with Crippen LogP contribution in [0.1, 0.15) is 49.4 Å². The van der Waals surface area contributed by atoms with Gasteiger partial charge in [0, 0.05) is 12.1 Å². The molecule has 2 rings (SSSR count). The molecule has 0 unspecified atom stereocenters. The number of nitrogens with zero attached hydrogens (tertiary/aromatic N) is 1. The van der Waals surface area contributed by atoms with E-state index in [1.54, 1.807) is 12.1 Å². The molecule has 1 aromatic carbocycles. The molecule has 1 aliphatic rings. The van der Waals surface area contributed by atoms with Gasteiger partial charge in [-0.15, -0.1) is 0 Å². The number of amides is 1. The lowest BCUT2D eigenvalue weighted by Gasteiger charge is -2.26. The van der Waals surface area contributed by atoms with Crippen LogP contribution in [0.2, 0.25) is 0 Å². The van der Waals surface area contributed by atoms with Gasteiger partial charge in [0.25, 0.3) is 0 Å². The number of ketones is 1. The van der Waals surface area contributed by atoms with E-state index in [1.165, 1.54) is 39.0 Å². The maximum absolute atomic E-state index is 12.2. The van der Waals surface area contributed by atoms with Gasteiger partial charge in [-0.1, -0.05) is 31.4 Å². The molecule has 1 aromatic rings. The topological polar surface area (TPSA) is 49.4 Å². The molecular formula is C18H26N2O2. The maximum atomic E-state index is 12.2. The Morgan fingerprint density at radius 3 is 2.55 bits per heavy atom. The van der Waals surface area contributed by atoms with Gasteiger partial charge >= 0.3 is 0 Å². The molecule has 1 amide bonds. The largest absolute Gasteiger partial charge is 0.324 e. The molecule has 4 heteroatoms. The Labute approximate surface area is 132 Å². The fourth-order valence-corrected chi connectivity index (χ4v) is 3.21. The third-order valence-electron chi connectivity index (χ3n) is 4.29. The predicted octanol–water partition coefficient (Wildman–Crippen LogP) is 3.34. The van der Waals surface area contributed by atoms with E-state index >= 15 is 0 Å². The summed E-state index contributed by atoms with van der Waals surface area (Å²) in [6.07, 6.45) is 6.54. The van der Waals surface area contributed by atoms with Gasteiger partial charge in [-0.25, -0.2) is 0 Å². The average Bonchev–Trinajstić information content (AvgIpc) is 2.48. The van der Waals surface area contributed by atoms with E-state index in [9.17, 15) is 9.59 Å². The highest BCUT2D eigenvalue weighted by atomic mass is 16.2. The van der Waals surface area contributed by atoms with Crippen molar-refractivity contribution in [2.75, 3.05) is 25.5 Å². The van der Waals surface area contributed by atoms with E-state index in [1.807, 2.05) is 19.2 Å². The normalized spacial score (nSPS) is 15.8. The average molecular weight is 302 g/mol. The minimum absolute atomic E-state index is 0.0357. The summed E-state index contributed by atoms with van der Waals surface area (Å²) < 4.78 is 0. The number of benzene rings is 1. The highest BCUT2D eigenvalue weighted by molar-refractivity contribution is 6.04. The fraction of sp³-hybridized carbons (Fsp3) is 0.556. The smallest absolute Gasteiger partial charge is 0.238 e. The molecule has 0 atom stereocenters. The van der Waals surface area contributed by atoms with Crippen molar-refractivity contribution in [3.8, 4) is 0 Å². The molecule has 4 nitrogen and oxygen atoms in total. The number of rotatable bonds is 6. The summed E-state index contributed by atoms with van der Waals surface area (Å²) in [5.74, 6) is 0.620. The molecule has 0 radical (unpaired) electrons. The van der Waals surface area contributed by atoms with Gasteiger partial charge in [0.2, 0.25) is 5.91 Å². The lowest BCUT2D eigenvalue weighted by molar-refractivity contribution is -0.117. The zero-order valence-corrected chi connectivity index (χ0v) is 13.6. The van der Waals surface area contributed by atoms with Crippen molar-refractivity contribution in [1.29, 1.82) is 0 Å². The predicted molar refractivity (Wildman–Crippen MR) is 89.1 cm³/mol. The van der Waals surface area contributed by atoms with E-state index in [0.717, 1.165) is 12.5 Å². The van der Waals surface area contributed by atoms with Crippen LogP contribution in [0.15, 0.2) is 24.3 Å². The van der Waals surface area contributed by atoms with Crippen molar-refractivity contribution in [3.63, 3.8) is 0 Å². The number of carbonyl (C=O) groups excluding carboxylic acids is 2. The van der Waals surface area contributed by atoms with Crippen LogP contribution < -0.4 is 5.32 Å². The third kappa shape index (κ3) is 4.95. The Bertz CT molecular complexity index is 522. The quantitative estimate of drug-likeness (QED) is 0.820. The summed E-state index contributed by atoms with van der Waals surface area (Å²) in [6, 6.07) is 7.15. The number of carbonyl (C=O) groups is 2. The summed E-state index contributed by atoms with van der Waals surface area (Å²) in [4.78, 5) is 25.8. The van der Waals surface area contributed by atoms with Crippen molar-refractivity contribution in [2.24, 2.45) is 5.92 Å². The summed E-state index contributed by atoms with van der Waals surface area (Å²) in [5.41, 5.74) is 1.16. The Hall–Kier alpha value is -1.68. The van der Waals surface area contributed by atoms with Gasteiger partial charge < -0.3 is 5.32 Å². The molecule has 0 bridgehead atoms. The second-order valence-corrected chi connectivity index (χ2v) is 6.35. The van der Waals surface area contributed by atoms with Gasteiger partial charge in [-0.05, 0) is 44.9 Å². The van der Waals surface area contributed by atoms with Gasteiger partial charge in [-0.2, -0.15) is 0 Å². The SMILES string of the molecule is CC(=O)c1ccccc1NC(=O)CN(C)CC1CCCCC1. The van der Waals surface area contributed by atoms with E-state index in [2.05, 4.69) is 10.2 Å². The molecule has 120 valence electrons. The number of anilines is 1. The summed E-state index contributed by atoms with van der Waals surface area (Å²) in [6.45, 7) is 2.85. The number of hydrogen-bond acceptors (Lipinski definition) is 3. The molecule has 0 aromatic heterocycles. The number of hydrogen-bond donors (Lipinski definition) is 1. The van der Waals surface area contributed by atoms with Gasteiger partial charge in [0.05, 0.1) is 12.2 Å². The van der Waals surface area contributed by atoms with Crippen molar-refractivity contribution in [1.82, 2.24) is 4.90 Å². The zero-order chi connectivity index (χ0) is 15.9. The minimum Gasteiger partial charge on any atom is -0.324 e. The number of para-hydroxylation sites is 1. The first-order valence-corrected chi connectivity index (χ1v) is 8.14. The number of Topliss-reactive ketones (excluding diaryl/α,β-unsaturated/α-hetero) is 1. The van der Waals surface area contributed by atoms with Gasteiger partial charge in [0.15, 0.2) is 5.78 Å². The molecule has 1 aliphatic carbocycles. The Balaban J connectivity index is 1.85. The van der Waals surface area contributed by atoms with E-state index in [4.69, 9.17) is 0 Å². The molecule has 22 heavy (non-hydrogen) atoms. The van der Waals surface area contributed by atoms with Gasteiger partial charge in [0.1, 0.15) is 0 Å². The Kier molecular flexibility index (Phi) is 6.13. The lowest BCUT2D eigenvalue weighted by atomic mass is 9.89. The van der Waals surface area contributed by atoms with Crippen LogP contribution in [0, 0.1) is 5.92 Å². The Morgan fingerprint density at radius 1 is 1.18 bits per heavy atom. The highest BCUT2D eigenvalue weighted by Gasteiger charge is 2.17. The van der Waals surface area contributed by atoms with Crippen LogP contribution >= 0.6 is 0 Å². The summed E-state index contributed by atoms with van der Waals surface area (Å²) in [7, 11) is 1.99. The van der Waals surface area contributed by atoms with E-state index in [0.29, 0.717) is 17.8 Å². The molecule has 1 fully saturated rings. The first kappa shape index (κ1) is 16.7. The molecule has 1 N–H and O–H groups in total. The minimum atomic E-state index is -0.0630.